The van der Waals surface area contributed by atoms with Crippen molar-refractivity contribution in [2.24, 2.45) is 0 Å². The van der Waals surface area contributed by atoms with Crippen LogP contribution in [0.5, 0.6) is 5.75 Å². The summed E-state index contributed by atoms with van der Waals surface area (Å²) < 4.78 is 34.8. The molecule has 8 heteroatoms. The number of benzene rings is 2. The second-order valence-electron chi connectivity index (χ2n) is 5.88. The number of hydrogen-bond acceptors (Lipinski definition) is 5. The third-order valence-electron chi connectivity index (χ3n) is 4.24. The zero-order valence-electron chi connectivity index (χ0n) is 14.5. The Balaban J connectivity index is 1.81. The summed E-state index contributed by atoms with van der Waals surface area (Å²) in [6, 6.07) is 11.7. The van der Waals surface area contributed by atoms with Gasteiger partial charge in [0.2, 0.25) is 0 Å². The van der Waals surface area contributed by atoms with E-state index in [1.54, 1.807) is 23.1 Å². The van der Waals surface area contributed by atoms with Crippen LogP contribution in [-0.2, 0) is 11.3 Å². The van der Waals surface area contributed by atoms with Crippen molar-refractivity contribution >= 4 is 17.5 Å². The largest absolute Gasteiger partial charge is 0.447 e. The molecule has 1 amide bonds. The first-order valence-electron chi connectivity index (χ1n) is 8.25. The van der Waals surface area contributed by atoms with E-state index in [0.29, 0.717) is 18.7 Å². The van der Waals surface area contributed by atoms with Gasteiger partial charge in [-0.3, -0.25) is 4.90 Å². The van der Waals surface area contributed by atoms with Gasteiger partial charge < -0.3 is 14.8 Å². The third kappa shape index (κ3) is 4.08. The van der Waals surface area contributed by atoms with Gasteiger partial charge in [0.05, 0.1) is 23.9 Å². The van der Waals surface area contributed by atoms with Crippen LogP contribution in [0.15, 0.2) is 36.4 Å². The Morgan fingerprint density at radius 1 is 1.37 bits per heavy atom. The number of carbonyl (C=O) groups is 1. The van der Waals surface area contributed by atoms with Crippen LogP contribution in [0.25, 0.3) is 0 Å². The van der Waals surface area contributed by atoms with Gasteiger partial charge in [0.25, 0.3) is 0 Å². The van der Waals surface area contributed by atoms with Crippen LogP contribution < -0.4 is 15.0 Å². The Kier molecular flexibility index (Phi) is 5.41. The molecule has 1 aliphatic rings. The number of ether oxygens (including phenoxy) is 2. The second-order valence-corrected chi connectivity index (χ2v) is 5.88. The van der Waals surface area contributed by atoms with Gasteiger partial charge in [0.1, 0.15) is 12.4 Å². The van der Waals surface area contributed by atoms with Crippen LogP contribution in [0, 0.1) is 18.3 Å². The van der Waals surface area contributed by atoms with Gasteiger partial charge in [0, 0.05) is 17.8 Å². The molecule has 1 fully saturated rings. The van der Waals surface area contributed by atoms with Crippen LogP contribution in [0.1, 0.15) is 16.7 Å². The average molecular weight is 373 g/mol. The molecule has 27 heavy (non-hydrogen) atoms. The molecule has 140 valence electrons. The first-order chi connectivity index (χ1) is 13.0. The number of hydrogen-bond donors (Lipinski definition) is 1. The van der Waals surface area contributed by atoms with Gasteiger partial charge >= 0.3 is 12.7 Å². The number of nitriles is 1. The van der Waals surface area contributed by atoms with E-state index in [-0.39, 0.29) is 17.9 Å². The molecule has 0 spiro atoms. The van der Waals surface area contributed by atoms with Gasteiger partial charge in [-0.15, -0.1) is 0 Å². The molecule has 1 heterocycles. The fourth-order valence-corrected chi connectivity index (χ4v) is 2.89. The Bertz CT molecular complexity index is 896. The number of nitrogens with one attached hydrogen (secondary N) is 1. The number of anilines is 2. The molecule has 1 N–H and O–H groups in total. The minimum Gasteiger partial charge on any atom is -0.447 e. The number of rotatable bonds is 6. The van der Waals surface area contributed by atoms with Crippen LogP contribution in [0.2, 0.25) is 0 Å². The molecule has 0 saturated carbocycles. The number of alkyl halides is 2. The molecule has 0 aromatic heterocycles. The minimum absolute atomic E-state index is 0.0477. The summed E-state index contributed by atoms with van der Waals surface area (Å²) in [5.41, 5.74) is 3.03. The Labute approximate surface area is 154 Å². The maximum atomic E-state index is 12.7. The molecule has 6 nitrogen and oxygen atoms in total. The maximum Gasteiger partial charge on any atom is 0.414 e. The van der Waals surface area contributed by atoms with E-state index < -0.39 is 12.7 Å². The molecule has 0 radical (unpaired) electrons. The van der Waals surface area contributed by atoms with Crippen molar-refractivity contribution in [1.29, 1.82) is 5.26 Å². The van der Waals surface area contributed by atoms with Gasteiger partial charge in [-0.1, -0.05) is 12.1 Å². The van der Waals surface area contributed by atoms with E-state index in [1.807, 2.05) is 25.1 Å². The summed E-state index contributed by atoms with van der Waals surface area (Å²) in [7, 11) is 0. The fourth-order valence-electron chi connectivity index (χ4n) is 2.89. The predicted molar refractivity (Wildman–Crippen MR) is 95.0 cm³/mol. The summed E-state index contributed by atoms with van der Waals surface area (Å²) in [5, 5.41) is 12.1. The van der Waals surface area contributed by atoms with Crippen molar-refractivity contribution in [2.75, 3.05) is 23.4 Å². The second kappa shape index (κ2) is 7.91. The van der Waals surface area contributed by atoms with E-state index in [0.717, 1.165) is 16.9 Å². The highest BCUT2D eigenvalue weighted by atomic mass is 19.3. The van der Waals surface area contributed by atoms with Crippen molar-refractivity contribution < 1.29 is 23.0 Å². The molecule has 0 bridgehead atoms. The molecule has 0 unspecified atom stereocenters. The van der Waals surface area contributed by atoms with E-state index in [2.05, 4.69) is 10.1 Å². The van der Waals surface area contributed by atoms with Crippen LogP contribution in [0.3, 0.4) is 0 Å². The molecular weight excluding hydrogens is 356 g/mol. The number of cyclic esters (lactones) is 1. The Hall–Kier alpha value is -3.34. The van der Waals surface area contributed by atoms with Crippen molar-refractivity contribution in [3.63, 3.8) is 0 Å². The number of amides is 1. The van der Waals surface area contributed by atoms with E-state index in [9.17, 15) is 13.6 Å². The molecule has 0 atom stereocenters. The monoisotopic (exact) mass is 373 g/mol. The maximum absolute atomic E-state index is 12.7. The smallest absolute Gasteiger partial charge is 0.414 e. The number of carbonyl (C=O) groups excluding carboxylic acids is 1. The van der Waals surface area contributed by atoms with Crippen molar-refractivity contribution in [3.8, 4) is 11.8 Å². The SMILES string of the molecule is Cc1c(NCc2ccc(C#N)cc2OC(F)F)cccc1N1CCOC1=O. The van der Waals surface area contributed by atoms with Crippen LogP contribution in [-0.4, -0.2) is 25.9 Å². The third-order valence-corrected chi connectivity index (χ3v) is 4.24. The summed E-state index contributed by atoms with van der Waals surface area (Å²) >= 11 is 0. The topological polar surface area (TPSA) is 74.6 Å². The summed E-state index contributed by atoms with van der Waals surface area (Å²) in [6.45, 7) is -0.0919. The zero-order chi connectivity index (χ0) is 19.4. The lowest BCUT2D eigenvalue weighted by atomic mass is 10.1. The zero-order valence-corrected chi connectivity index (χ0v) is 14.5. The molecule has 2 aromatic carbocycles. The van der Waals surface area contributed by atoms with Crippen LogP contribution in [0.4, 0.5) is 25.0 Å². The Morgan fingerprint density at radius 2 is 2.19 bits per heavy atom. The fraction of sp³-hybridized carbons (Fsp3) is 0.263. The van der Waals surface area contributed by atoms with E-state index in [1.165, 1.54) is 6.07 Å². The lowest BCUT2D eigenvalue weighted by molar-refractivity contribution is -0.0504. The molecular formula is C19H17F2N3O3. The highest BCUT2D eigenvalue weighted by molar-refractivity contribution is 5.91. The van der Waals surface area contributed by atoms with Gasteiger partial charge in [-0.05, 0) is 36.8 Å². The highest BCUT2D eigenvalue weighted by Gasteiger charge is 2.25. The molecule has 3 rings (SSSR count). The van der Waals surface area contributed by atoms with Crippen molar-refractivity contribution in [3.05, 3.63) is 53.1 Å². The van der Waals surface area contributed by atoms with Crippen molar-refractivity contribution in [2.45, 2.75) is 20.1 Å². The first kappa shape index (κ1) is 18.5. The van der Waals surface area contributed by atoms with E-state index >= 15 is 0 Å². The lowest BCUT2D eigenvalue weighted by Gasteiger charge is -2.19. The van der Waals surface area contributed by atoms with Crippen LogP contribution >= 0.6 is 0 Å². The lowest BCUT2D eigenvalue weighted by Crippen LogP contribution is -2.24. The first-order valence-corrected chi connectivity index (χ1v) is 8.25. The Morgan fingerprint density at radius 3 is 2.85 bits per heavy atom. The predicted octanol–water partition coefficient (Wildman–Crippen LogP) is 4.04. The van der Waals surface area contributed by atoms with Gasteiger partial charge in [0.15, 0.2) is 0 Å². The van der Waals surface area contributed by atoms with Crippen molar-refractivity contribution in [1.82, 2.24) is 0 Å². The van der Waals surface area contributed by atoms with E-state index in [4.69, 9.17) is 10.00 Å². The number of halogens is 2. The number of nitrogens with zero attached hydrogens (tertiary/aromatic N) is 2. The normalized spacial score (nSPS) is 13.4. The standard InChI is InChI=1S/C19H17F2N3O3/c1-12-15(3-2-4-16(12)24-7-8-26-19(24)25)23-11-14-6-5-13(10-22)9-17(14)27-18(20)21/h2-6,9,18,23H,7-8,11H2,1H3. The molecule has 2 aromatic rings. The molecule has 0 aliphatic carbocycles. The van der Waals surface area contributed by atoms with Gasteiger partial charge in [-0.25, -0.2) is 4.79 Å². The molecule has 1 aliphatic heterocycles. The quantitative estimate of drug-likeness (QED) is 0.827. The highest BCUT2D eigenvalue weighted by Crippen LogP contribution is 2.30. The minimum atomic E-state index is -2.98. The van der Waals surface area contributed by atoms with Gasteiger partial charge in [-0.2, -0.15) is 14.0 Å². The average Bonchev–Trinajstić information content (AvgIpc) is 3.07. The summed E-state index contributed by atoms with van der Waals surface area (Å²) in [6.07, 6.45) is -0.394. The molecule has 1 saturated heterocycles. The summed E-state index contributed by atoms with van der Waals surface area (Å²) in [5.74, 6) is -0.0477. The summed E-state index contributed by atoms with van der Waals surface area (Å²) in [4.78, 5) is 13.3.